The molecule has 0 bridgehead atoms. The lowest BCUT2D eigenvalue weighted by Crippen LogP contribution is -2.43. The second-order valence-electron chi connectivity index (χ2n) is 6.58. The van der Waals surface area contributed by atoms with Crippen LogP contribution in [0.5, 0.6) is 0 Å². The first-order chi connectivity index (χ1) is 13.3. The molecule has 5 heteroatoms. The van der Waals surface area contributed by atoms with Gasteiger partial charge in [0.05, 0.1) is 19.3 Å². The van der Waals surface area contributed by atoms with Crippen LogP contribution in [0, 0.1) is 0 Å². The molecule has 1 aliphatic heterocycles. The van der Waals surface area contributed by atoms with Gasteiger partial charge in [-0.15, -0.1) is 0 Å². The molecule has 5 nitrogen and oxygen atoms in total. The number of carbonyl (C=O) groups excluding carboxylic acids is 1. The van der Waals surface area contributed by atoms with Crippen LogP contribution in [0.15, 0.2) is 60.9 Å². The molecule has 1 N–H and O–H groups in total. The van der Waals surface area contributed by atoms with Crippen LogP contribution in [0.25, 0.3) is 5.57 Å². The second kappa shape index (κ2) is 10.00. The van der Waals surface area contributed by atoms with Crippen molar-refractivity contribution in [3.8, 4) is 0 Å². The molecule has 142 valence electrons. The summed E-state index contributed by atoms with van der Waals surface area (Å²) in [6.07, 6.45) is 6.18. The van der Waals surface area contributed by atoms with Crippen LogP contribution in [0.4, 0.5) is 0 Å². The highest BCUT2D eigenvalue weighted by molar-refractivity contribution is 5.95. The molecular weight excluding hydrogens is 338 g/mol. The van der Waals surface area contributed by atoms with E-state index in [2.05, 4.69) is 28.2 Å². The van der Waals surface area contributed by atoms with Crippen LogP contribution >= 0.6 is 0 Å². The van der Waals surface area contributed by atoms with Crippen molar-refractivity contribution in [2.75, 3.05) is 32.8 Å². The van der Waals surface area contributed by atoms with E-state index >= 15 is 0 Å². The van der Waals surface area contributed by atoms with Gasteiger partial charge in [-0.2, -0.15) is 0 Å². The fraction of sp³-hybridized carbons (Fsp3) is 0.364. The molecule has 0 aliphatic carbocycles. The minimum absolute atomic E-state index is 0.0575. The summed E-state index contributed by atoms with van der Waals surface area (Å²) in [7, 11) is 0. The molecule has 1 aromatic heterocycles. The summed E-state index contributed by atoms with van der Waals surface area (Å²) in [4.78, 5) is 19.2. The largest absolute Gasteiger partial charge is 0.379 e. The highest BCUT2D eigenvalue weighted by Gasteiger charge is 2.23. The third kappa shape index (κ3) is 5.49. The number of benzene rings is 1. The average molecular weight is 365 g/mol. The van der Waals surface area contributed by atoms with Gasteiger partial charge in [0.15, 0.2) is 0 Å². The van der Waals surface area contributed by atoms with E-state index in [1.165, 1.54) is 0 Å². The van der Waals surface area contributed by atoms with Crippen LogP contribution in [-0.4, -0.2) is 48.6 Å². The maximum absolute atomic E-state index is 12.6. The third-order valence-electron chi connectivity index (χ3n) is 4.86. The minimum atomic E-state index is -0.0575. The molecule has 1 fully saturated rings. The van der Waals surface area contributed by atoms with Crippen molar-refractivity contribution in [2.24, 2.45) is 0 Å². The Balaban J connectivity index is 1.69. The molecule has 1 aromatic carbocycles. The summed E-state index contributed by atoms with van der Waals surface area (Å²) in [6.45, 7) is 5.77. The zero-order chi connectivity index (χ0) is 18.9. The highest BCUT2D eigenvalue weighted by Crippen LogP contribution is 2.21. The van der Waals surface area contributed by atoms with E-state index in [9.17, 15) is 4.79 Å². The Kier molecular flexibility index (Phi) is 7.13. The normalized spacial score (nSPS) is 16.7. The Hall–Kier alpha value is -2.50. The number of hydrogen-bond donors (Lipinski definition) is 1. The number of ether oxygens (including phenoxy) is 1. The second-order valence-corrected chi connectivity index (χ2v) is 6.58. The van der Waals surface area contributed by atoms with Gasteiger partial charge >= 0.3 is 0 Å². The molecule has 1 saturated heterocycles. The first-order valence-corrected chi connectivity index (χ1v) is 9.53. The number of rotatable bonds is 7. The summed E-state index contributed by atoms with van der Waals surface area (Å²) in [5, 5.41) is 3.09. The number of aromatic nitrogens is 1. The Bertz CT molecular complexity index is 741. The van der Waals surface area contributed by atoms with E-state index < -0.39 is 0 Å². The van der Waals surface area contributed by atoms with Crippen molar-refractivity contribution in [1.82, 2.24) is 15.2 Å². The van der Waals surface area contributed by atoms with Crippen molar-refractivity contribution in [2.45, 2.75) is 19.4 Å². The van der Waals surface area contributed by atoms with E-state index in [4.69, 9.17) is 4.74 Å². The molecular formula is C22H27N3O2. The van der Waals surface area contributed by atoms with E-state index in [0.29, 0.717) is 6.54 Å². The zero-order valence-corrected chi connectivity index (χ0v) is 15.8. The van der Waals surface area contributed by atoms with Crippen molar-refractivity contribution in [3.63, 3.8) is 0 Å². The molecule has 0 saturated carbocycles. The summed E-state index contributed by atoms with van der Waals surface area (Å²) >= 11 is 0. The first-order valence-electron chi connectivity index (χ1n) is 9.53. The topological polar surface area (TPSA) is 54.5 Å². The fourth-order valence-electron chi connectivity index (χ4n) is 3.37. The summed E-state index contributed by atoms with van der Waals surface area (Å²) < 4.78 is 5.47. The summed E-state index contributed by atoms with van der Waals surface area (Å²) in [5.74, 6) is -0.0575. The number of nitrogens with one attached hydrogen (secondary N) is 1. The molecule has 1 unspecified atom stereocenters. The van der Waals surface area contributed by atoms with Gasteiger partial charge in [-0.25, -0.2) is 0 Å². The predicted octanol–water partition coefficient (Wildman–Crippen LogP) is 3.06. The van der Waals surface area contributed by atoms with E-state index in [-0.39, 0.29) is 11.9 Å². The lowest BCUT2D eigenvalue weighted by atomic mass is 10.0. The number of morpholine rings is 1. The minimum Gasteiger partial charge on any atom is -0.379 e. The molecule has 3 rings (SSSR count). The summed E-state index contributed by atoms with van der Waals surface area (Å²) in [6, 6.07) is 14.1. The van der Waals surface area contributed by atoms with Gasteiger partial charge in [0.1, 0.15) is 0 Å². The average Bonchev–Trinajstić information content (AvgIpc) is 2.74. The lowest BCUT2D eigenvalue weighted by molar-refractivity contribution is -0.116. The molecule has 0 spiro atoms. The van der Waals surface area contributed by atoms with Gasteiger partial charge < -0.3 is 10.1 Å². The van der Waals surface area contributed by atoms with E-state index in [1.807, 2.05) is 42.6 Å². The predicted molar refractivity (Wildman–Crippen MR) is 107 cm³/mol. The number of allylic oxidation sites excluding steroid dienone is 1. The third-order valence-corrected chi connectivity index (χ3v) is 4.86. The first kappa shape index (κ1) is 19.3. The van der Waals surface area contributed by atoms with Crippen molar-refractivity contribution in [3.05, 3.63) is 72.1 Å². The van der Waals surface area contributed by atoms with Gasteiger partial charge in [0.25, 0.3) is 0 Å². The molecule has 0 radical (unpaired) electrons. The molecule has 27 heavy (non-hydrogen) atoms. The zero-order valence-electron chi connectivity index (χ0n) is 15.8. The van der Waals surface area contributed by atoms with Crippen LogP contribution in [0.1, 0.15) is 30.5 Å². The smallest absolute Gasteiger partial charge is 0.244 e. The monoisotopic (exact) mass is 365 g/mol. The van der Waals surface area contributed by atoms with Crippen LogP contribution in [0.3, 0.4) is 0 Å². The Morgan fingerprint density at radius 1 is 1.22 bits per heavy atom. The standard InChI is InChI=1S/C22H27N3O2/c1-2-18(19-7-4-3-5-8-19)15-22(26)24-17-21(20-9-6-10-23-16-20)25-11-13-27-14-12-25/h3-10,15-16,21H,2,11-14,17H2,1H3,(H,24,26)/b18-15+. The van der Waals surface area contributed by atoms with Crippen LogP contribution in [0.2, 0.25) is 0 Å². The molecule has 1 amide bonds. The highest BCUT2D eigenvalue weighted by atomic mass is 16.5. The van der Waals surface area contributed by atoms with Gasteiger partial charge in [-0.05, 0) is 29.2 Å². The number of nitrogens with zero attached hydrogens (tertiary/aromatic N) is 2. The lowest BCUT2D eigenvalue weighted by Gasteiger charge is -2.34. The maximum atomic E-state index is 12.6. The molecule has 1 aliphatic rings. The summed E-state index contributed by atoms with van der Waals surface area (Å²) in [5.41, 5.74) is 3.24. The Morgan fingerprint density at radius 2 is 2.00 bits per heavy atom. The van der Waals surface area contributed by atoms with Gasteiger partial charge in [0, 0.05) is 38.1 Å². The molecule has 2 heterocycles. The SMILES string of the molecule is CC/C(=C\C(=O)NCC(c1cccnc1)N1CCOCC1)c1ccccc1. The number of pyridine rings is 1. The Labute approximate surface area is 161 Å². The maximum Gasteiger partial charge on any atom is 0.244 e. The van der Waals surface area contributed by atoms with Crippen molar-refractivity contribution in [1.29, 1.82) is 0 Å². The van der Waals surface area contributed by atoms with Crippen LogP contribution < -0.4 is 5.32 Å². The van der Waals surface area contributed by atoms with Gasteiger partial charge in [-0.1, -0.05) is 43.3 Å². The van der Waals surface area contributed by atoms with Gasteiger partial charge in [-0.3, -0.25) is 14.7 Å². The van der Waals surface area contributed by atoms with E-state index in [1.54, 1.807) is 12.3 Å². The van der Waals surface area contributed by atoms with Crippen molar-refractivity contribution < 1.29 is 9.53 Å². The number of carbonyl (C=O) groups is 1. The molecule has 2 aromatic rings. The molecule has 1 atom stereocenters. The fourth-order valence-corrected chi connectivity index (χ4v) is 3.37. The number of hydrogen-bond acceptors (Lipinski definition) is 4. The number of amides is 1. The Morgan fingerprint density at radius 3 is 2.67 bits per heavy atom. The van der Waals surface area contributed by atoms with Gasteiger partial charge in [0.2, 0.25) is 5.91 Å². The quantitative estimate of drug-likeness (QED) is 0.766. The van der Waals surface area contributed by atoms with Crippen LogP contribution in [-0.2, 0) is 9.53 Å². The van der Waals surface area contributed by atoms with E-state index in [0.717, 1.165) is 49.4 Å². The van der Waals surface area contributed by atoms with Crippen molar-refractivity contribution >= 4 is 11.5 Å².